The van der Waals surface area contributed by atoms with Gasteiger partial charge in [0.2, 0.25) is 5.91 Å². The second-order valence-corrected chi connectivity index (χ2v) is 4.59. The topological polar surface area (TPSA) is 97.2 Å². The van der Waals surface area contributed by atoms with Crippen molar-refractivity contribution in [2.24, 2.45) is 0 Å². The van der Waals surface area contributed by atoms with Gasteiger partial charge in [-0.1, -0.05) is 11.6 Å². The molecule has 0 fully saturated rings. The number of hydrogen-bond donors (Lipinski definition) is 2. The van der Waals surface area contributed by atoms with Crippen molar-refractivity contribution in [2.75, 3.05) is 10.6 Å². The summed E-state index contributed by atoms with van der Waals surface area (Å²) in [4.78, 5) is 25.6. The lowest BCUT2D eigenvalue weighted by Crippen LogP contribution is -2.07. The second kappa shape index (κ2) is 6.19. The van der Waals surface area contributed by atoms with Gasteiger partial charge in [-0.2, -0.15) is 0 Å². The molecule has 0 bridgehead atoms. The number of nitrogens with one attached hydrogen (secondary N) is 2. The van der Waals surface area contributed by atoms with E-state index in [1.165, 1.54) is 37.4 Å². The smallest absolute Gasteiger partial charge is 0.292 e. The van der Waals surface area contributed by atoms with Crippen LogP contribution in [-0.2, 0) is 4.79 Å². The first kappa shape index (κ1) is 14.7. The van der Waals surface area contributed by atoms with E-state index in [0.29, 0.717) is 16.5 Å². The molecule has 0 unspecified atom stereocenters. The fraction of sp³-hybridized carbons (Fsp3) is 0.0769. The summed E-state index contributed by atoms with van der Waals surface area (Å²) in [6.07, 6.45) is 1.48. The van der Waals surface area contributed by atoms with E-state index < -0.39 is 4.92 Å². The normalized spacial score (nSPS) is 10.0. The van der Waals surface area contributed by atoms with E-state index in [9.17, 15) is 14.9 Å². The van der Waals surface area contributed by atoms with Crippen molar-refractivity contribution < 1.29 is 9.72 Å². The number of aromatic nitrogens is 1. The van der Waals surface area contributed by atoms with Crippen molar-refractivity contribution in [2.45, 2.75) is 6.92 Å². The Labute approximate surface area is 125 Å². The summed E-state index contributed by atoms with van der Waals surface area (Å²) in [5, 5.41) is 16.9. The number of nitro groups is 1. The minimum atomic E-state index is -0.523. The third-order valence-corrected chi connectivity index (χ3v) is 2.73. The van der Waals surface area contributed by atoms with Crippen molar-refractivity contribution in [1.29, 1.82) is 0 Å². The lowest BCUT2D eigenvalue weighted by molar-refractivity contribution is -0.383. The second-order valence-electron chi connectivity index (χ2n) is 4.15. The molecule has 2 rings (SSSR count). The molecular formula is C13H11ClN4O3. The fourth-order valence-electron chi connectivity index (χ4n) is 1.69. The maximum Gasteiger partial charge on any atom is 0.292 e. The van der Waals surface area contributed by atoms with Gasteiger partial charge in [0.05, 0.1) is 4.92 Å². The number of nitrogens with zero attached hydrogens (tertiary/aromatic N) is 2. The van der Waals surface area contributed by atoms with Crippen molar-refractivity contribution in [3.05, 3.63) is 51.7 Å². The molecule has 0 atom stereocenters. The van der Waals surface area contributed by atoms with Gasteiger partial charge in [-0.15, -0.1) is 0 Å². The Hall–Kier alpha value is -2.67. The summed E-state index contributed by atoms with van der Waals surface area (Å²) < 4.78 is 0. The van der Waals surface area contributed by atoms with Crippen LogP contribution >= 0.6 is 11.6 Å². The number of pyridine rings is 1. The van der Waals surface area contributed by atoms with E-state index in [0.717, 1.165) is 0 Å². The van der Waals surface area contributed by atoms with E-state index in [-0.39, 0.29) is 17.3 Å². The molecule has 0 radical (unpaired) electrons. The molecule has 7 nitrogen and oxygen atoms in total. The lowest BCUT2D eigenvalue weighted by Gasteiger charge is -2.09. The van der Waals surface area contributed by atoms with Crippen molar-refractivity contribution in [3.8, 4) is 0 Å². The molecule has 0 aliphatic carbocycles. The van der Waals surface area contributed by atoms with Gasteiger partial charge in [-0.05, 0) is 24.3 Å². The fourth-order valence-corrected chi connectivity index (χ4v) is 1.85. The van der Waals surface area contributed by atoms with Crippen LogP contribution in [-0.4, -0.2) is 15.8 Å². The van der Waals surface area contributed by atoms with Crippen LogP contribution < -0.4 is 10.6 Å². The third kappa shape index (κ3) is 3.90. The van der Waals surface area contributed by atoms with Crippen molar-refractivity contribution in [1.82, 2.24) is 4.98 Å². The summed E-state index contributed by atoms with van der Waals surface area (Å²) in [5.41, 5.74) is 0.518. The summed E-state index contributed by atoms with van der Waals surface area (Å²) in [7, 11) is 0. The van der Waals surface area contributed by atoms with Crippen LogP contribution in [0.5, 0.6) is 0 Å². The summed E-state index contributed by atoms with van der Waals surface area (Å²) in [5.74, 6) is 0.0984. The zero-order chi connectivity index (χ0) is 15.4. The Balaban J connectivity index is 2.38. The SMILES string of the molecule is CC(=O)Nc1ccc([N+](=O)[O-])c(Nc2cc(Cl)ccn2)c1. The first-order valence-electron chi connectivity index (χ1n) is 5.90. The first-order valence-corrected chi connectivity index (χ1v) is 6.28. The summed E-state index contributed by atoms with van der Waals surface area (Å²) in [6, 6.07) is 7.35. The molecule has 8 heteroatoms. The quantitative estimate of drug-likeness (QED) is 0.667. The maximum absolute atomic E-state index is 11.1. The van der Waals surface area contributed by atoms with Gasteiger partial charge in [0.1, 0.15) is 11.5 Å². The Morgan fingerprint density at radius 3 is 2.71 bits per heavy atom. The van der Waals surface area contributed by atoms with Gasteiger partial charge in [0.25, 0.3) is 5.69 Å². The van der Waals surface area contributed by atoms with Crippen LogP contribution in [0.2, 0.25) is 5.02 Å². The third-order valence-electron chi connectivity index (χ3n) is 2.50. The number of hydrogen-bond acceptors (Lipinski definition) is 5. The molecule has 21 heavy (non-hydrogen) atoms. The predicted octanol–water partition coefficient (Wildman–Crippen LogP) is 3.35. The number of nitro benzene ring substituents is 1. The highest BCUT2D eigenvalue weighted by atomic mass is 35.5. The molecule has 1 aromatic carbocycles. The summed E-state index contributed by atoms with van der Waals surface area (Å²) >= 11 is 5.84. The minimum Gasteiger partial charge on any atom is -0.335 e. The van der Waals surface area contributed by atoms with Crippen LogP contribution in [0, 0.1) is 10.1 Å². The van der Waals surface area contributed by atoms with Gasteiger partial charge in [0.15, 0.2) is 0 Å². The van der Waals surface area contributed by atoms with E-state index in [1.54, 1.807) is 6.07 Å². The molecule has 0 spiro atoms. The maximum atomic E-state index is 11.1. The molecular weight excluding hydrogens is 296 g/mol. The molecule has 0 aliphatic heterocycles. The Morgan fingerprint density at radius 2 is 2.10 bits per heavy atom. The van der Waals surface area contributed by atoms with Crippen molar-refractivity contribution >= 4 is 40.4 Å². The lowest BCUT2D eigenvalue weighted by atomic mass is 10.2. The van der Waals surface area contributed by atoms with Crippen molar-refractivity contribution in [3.63, 3.8) is 0 Å². The number of benzene rings is 1. The highest BCUT2D eigenvalue weighted by Gasteiger charge is 2.15. The molecule has 2 aromatic rings. The zero-order valence-corrected chi connectivity index (χ0v) is 11.7. The summed E-state index contributed by atoms with van der Waals surface area (Å²) in [6.45, 7) is 1.35. The number of amides is 1. The number of carbonyl (C=O) groups is 1. The Morgan fingerprint density at radius 1 is 1.33 bits per heavy atom. The van der Waals surface area contributed by atoms with E-state index in [2.05, 4.69) is 15.6 Å². The molecule has 1 heterocycles. The van der Waals surface area contributed by atoms with E-state index in [1.807, 2.05) is 0 Å². The average molecular weight is 307 g/mol. The Kier molecular flexibility index (Phi) is 4.34. The molecule has 0 saturated heterocycles. The monoisotopic (exact) mass is 306 g/mol. The number of anilines is 3. The molecule has 108 valence electrons. The number of carbonyl (C=O) groups excluding carboxylic acids is 1. The van der Waals surface area contributed by atoms with Crippen LogP contribution in [0.1, 0.15) is 6.92 Å². The van der Waals surface area contributed by atoms with Gasteiger partial charge < -0.3 is 10.6 Å². The average Bonchev–Trinajstić information content (AvgIpc) is 2.37. The van der Waals surface area contributed by atoms with Crippen LogP contribution in [0.15, 0.2) is 36.5 Å². The zero-order valence-electron chi connectivity index (χ0n) is 11.0. The number of rotatable bonds is 4. The van der Waals surface area contributed by atoms with Crippen LogP contribution in [0.25, 0.3) is 0 Å². The van der Waals surface area contributed by atoms with Gasteiger partial charge in [-0.3, -0.25) is 14.9 Å². The molecule has 2 N–H and O–H groups in total. The van der Waals surface area contributed by atoms with E-state index >= 15 is 0 Å². The molecule has 1 aromatic heterocycles. The molecule has 0 aliphatic rings. The minimum absolute atomic E-state index is 0.133. The largest absolute Gasteiger partial charge is 0.335 e. The van der Waals surface area contributed by atoms with Crippen LogP contribution in [0.4, 0.5) is 22.9 Å². The molecule has 1 amide bonds. The van der Waals surface area contributed by atoms with Crippen LogP contribution in [0.3, 0.4) is 0 Å². The van der Waals surface area contributed by atoms with E-state index in [4.69, 9.17) is 11.6 Å². The van der Waals surface area contributed by atoms with Gasteiger partial charge >= 0.3 is 0 Å². The number of halogens is 1. The highest BCUT2D eigenvalue weighted by Crippen LogP contribution is 2.30. The van der Waals surface area contributed by atoms with Gasteiger partial charge in [-0.25, -0.2) is 4.98 Å². The first-order chi connectivity index (χ1) is 9.95. The standard InChI is InChI=1S/C13H11ClN4O3/c1-8(19)16-10-2-3-12(18(20)21)11(7-10)17-13-6-9(14)4-5-15-13/h2-7H,1H3,(H,15,17)(H,16,19). The predicted molar refractivity (Wildman–Crippen MR) is 79.9 cm³/mol. The molecule has 0 saturated carbocycles. The van der Waals surface area contributed by atoms with Gasteiger partial charge in [0, 0.05) is 29.9 Å². The highest BCUT2D eigenvalue weighted by molar-refractivity contribution is 6.30. The Bertz CT molecular complexity index is 706.